The van der Waals surface area contributed by atoms with E-state index in [1.54, 1.807) is 13.2 Å². The fourth-order valence-electron chi connectivity index (χ4n) is 2.04. The van der Waals surface area contributed by atoms with E-state index in [-0.39, 0.29) is 0 Å². The number of aromatic nitrogens is 2. The van der Waals surface area contributed by atoms with Gasteiger partial charge in [0.1, 0.15) is 11.6 Å². The number of hydrogen-bond acceptors (Lipinski definition) is 4. The molecule has 0 amide bonds. The molecule has 3 rings (SSSR count). The smallest absolute Gasteiger partial charge is 0.176 e. The van der Waals surface area contributed by atoms with Crippen LogP contribution >= 0.6 is 0 Å². The molecule has 0 fully saturated rings. The highest BCUT2D eigenvalue weighted by atomic mass is 16.5. The number of ether oxygens (including phenoxy) is 1. The molecule has 5 nitrogen and oxygen atoms in total. The summed E-state index contributed by atoms with van der Waals surface area (Å²) < 4.78 is 11.0. The fraction of sp³-hybridized carbons (Fsp3) is 0.154. The summed E-state index contributed by atoms with van der Waals surface area (Å²) in [7, 11) is 1.62. The maximum atomic E-state index is 5.61. The molecule has 18 heavy (non-hydrogen) atoms. The molecular formula is C13H13N3O2. The normalized spacial score (nSPS) is 11.0. The van der Waals surface area contributed by atoms with Crippen molar-refractivity contribution < 1.29 is 9.15 Å². The summed E-state index contributed by atoms with van der Waals surface area (Å²) in [6, 6.07) is 7.67. The van der Waals surface area contributed by atoms with E-state index < -0.39 is 0 Å². The Morgan fingerprint density at radius 1 is 1.28 bits per heavy atom. The summed E-state index contributed by atoms with van der Waals surface area (Å²) in [5.41, 5.74) is 8.18. The first-order valence-electron chi connectivity index (χ1n) is 5.57. The second-order valence-corrected chi connectivity index (χ2v) is 4.16. The molecule has 3 N–H and O–H groups in total. The highest BCUT2D eigenvalue weighted by molar-refractivity contribution is 5.89. The standard InChI is InChI=1S/C13H13N3O2/c1-7-3-9-4-8(10-6-12(14)16-15-10)5-11(17-2)13(9)18-7/h3-6H,1-2H3,(H3,14,15,16). The van der Waals surface area contributed by atoms with Crippen LogP contribution in [0.2, 0.25) is 0 Å². The van der Waals surface area contributed by atoms with E-state index in [0.717, 1.165) is 28.0 Å². The zero-order chi connectivity index (χ0) is 12.7. The first-order valence-corrected chi connectivity index (χ1v) is 5.57. The van der Waals surface area contributed by atoms with Gasteiger partial charge >= 0.3 is 0 Å². The molecule has 0 aliphatic heterocycles. The molecule has 2 heterocycles. The number of H-pyrrole nitrogens is 1. The molecule has 0 bridgehead atoms. The van der Waals surface area contributed by atoms with Crippen molar-refractivity contribution in [2.24, 2.45) is 0 Å². The van der Waals surface area contributed by atoms with Crippen molar-refractivity contribution in [3.8, 4) is 17.0 Å². The Morgan fingerprint density at radius 2 is 2.11 bits per heavy atom. The molecule has 0 unspecified atom stereocenters. The van der Waals surface area contributed by atoms with E-state index in [1.807, 2.05) is 25.1 Å². The summed E-state index contributed by atoms with van der Waals surface area (Å²) >= 11 is 0. The van der Waals surface area contributed by atoms with Crippen LogP contribution in [0.4, 0.5) is 5.82 Å². The number of anilines is 1. The van der Waals surface area contributed by atoms with Gasteiger partial charge in [-0.1, -0.05) is 0 Å². The number of furan rings is 1. The minimum atomic E-state index is 0.465. The van der Waals surface area contributed by atoms with E-state index in [4.69, 9.17) is 14.9 Å². The quantitative estimate of drug-likeness (QED) is 0.725. The van der Waals surface area contributed by atoms with Gasteiger partial charge in [-0.3, -0.25) is 5.10 Å². The summed E-state index contributed by atoms with van der Waals surface area (Å²) in [6.45, 7) is 1.91. The molecule has 1 aromatic carbocycles. The molecule has 5 heteroatoms. The monoisotopic (exact) mass is 243 g/mol. The van der Waals surface area contributed by atoms with Crippen LogP contribution in [-0.4, -0.2) is 17.3 Å². The maximum absolute atomic E-state index is 5.61. The van der Waals surface area contributed by atoms with Gasteiger partial charge in [-0.25, -0.2) is 0 Å². The van der Waals surface area contributed by atoms with Gasteiger partial charge in [-0.2, -0.15) is 5.10 Å². The van der Waals surface area contributed by atoms with Crippen LogP contribution in [0.15, 0.2) is 28.7 Å². The molecule has 0 spiro atoms. The fourth-order valence-corrected chi connectivity index (χ4v) is 2.04. The Kier molecular flexibility index (Phi) is 2.26. The van der Waals surface area contributed by atoms with Gasteiger partial charge in [0, 0.05) is 17.0 Å². The number of aryl methyl sites for hydroxylation is 1. The van der Waals surface area contributed by atoms with Crippen LogP contribution in [0.3, 0.4) is 0 Å². The number of nitrogen functional groups attached to an aromatic ring is 1. The molecule has 0 aliphatic rings. The summed E-state index contributed by atoms with van der Waals surface area (Å²) in [5.74, 6) is 2.01. The van der Waals surface area contributed by atoms with E-state index >= 15 is 0 Å². The Bertz CT molecular complexity index is 712. The van der Waals surface area contributed by atoms with Crippen LogP contribution < -0.4 is 10.5 Å². The Hall–Kier alpha value is -2.43. The lowest BCUT2D eigenvalue weighted by molar-refractivity contribution is 0.409. The predicted octanol–water partition coefficient (Wildman–Crippen LogP) is 2.72. The second-order valence-electron chi connectivity index (χ2n) is 4.16. The number of aromatic amines is 1. The van der Waals surface area contributed by atoms with Crippen molar-refractivity contribution in [2.45, 2.75) is 6.92 Å². The first kappa shape index (κ1) is 10.7. The SMILES string of the molecule is COc1cc(-c2cc(N)n[nH]2)cc2cc(C)oc12. The zero-order valence-electron chi connectivity index (χ0n) is 10.2. The van der Waals surface area contributed by atoms with Crippen molar-refractivity contribution in [3.63, 3.8) is 0 Å². The Morgan fingerprint density at radius 3 is 2.78 bits per heavy atom. The first-order chi connectivity index (χ1) is 8.67. The predicted molar refractivity (Wildman–Crippen MR) is 69.5 cm³/mol. The third-order valence-electron chi connectivity index (χ3n) is 2.83. The van der Waals surface area contributed by atoms with Gasteiger partial charge in [0.05, 0.1) is 12.8 Å². The lowest BCUT2D eigenvalue weighted by atomic mass is 10.1. The van der Waals surface area contributed by atoms with E-state index in [0.29, 0.717) is 11.6 Å². The topological polar surface area (TPSA) is 77.1 Å². The van der Waals surface area contributed by atoms with Gasteiger partial charge in [0.2, 0.25) is 0 Å². The third kappa shape index (κ3) is 1.60. The number of rotatable bonds is 2. The molecule has 0 radical (unpaired) electrons. The number of benzene rings is 1. The van der Waals surface area contributed by atoms with Gasteiger partial charge in [0.15, 0.2) is 11.3 Å². The van der Waals surface area contributed by atoms with E-state index in [1.165, 1.54) is 0 Å². The number of fused-ring (bicyclic) bond motifs is 1. The molecule has 0 saturated carbocycles. The number of nitrogens with zero attached hydrogens (tertiary/aromatic N) is 1. The van der Waals surface area contributed by atoms with Crippen molar-refractivity contribution in [1.29, 1.82) is 0 Å². The minimum absolute atomic E-state index is 0.465. The molecule has 0 atom stereocenters. The average Bonchev–Trinajstić information content (AvgIpc) is 2.92. The third-order valence-corrected chi connectivity index (χ3v) is 2.83. The summed E-state index contributed by atoms with van der Waals surface area (Å²) in [5, 5.41) is 7.80. The lowest BCUT2D eigenvalue weighted by Gasteiger charge is -2.03. The summed E-state index contributed by atoms with van der Waals surface area (Å²) in [6.07, 6.45) is 0. The molecule has 0 aliphatic carbocycles. The number of methoxy groups -OCH3 is 1. The van der Waals surface area contributed by atoms with Crippen molar-refractivity contribution in [2.75, 3.05) is 12.8 Å². The second kappa shape index (κ2) is 3.80. The Balaban J connectivity index is 2.24. The van der Waals surface area contributed by atoms with Crippen molar-refractivity contribution in [3.05, 3.63) is 30.0 Å². The minimum Gasteiger partial charge on any atom is -0.493 e. The van der Waals surface area contributed by atoms with Crippen LogP contribution in [-0.2, 0) is 0 Å². The van der Waals surface area contributed by atoms with Crippen LogP contribution in [0, 0.1) is 6.92 Å². The molecule has 2 aromatic heterocycles. The van der Waals surface area contributed by atoms with Crippen LogP contribution in [0.25, 0.3) is 22.2 Å². The molecule has 3 aromatic rings. The van der Waals surface area contributed by atoms with Crippen LogP contribution in [0.5, 0.6) is 5.75 Å². The van der Waals surface area contributed by atoms with Crippen molar-refractivity contribution in [1.82, 2.24) is 10.2 Å². The highest BCUT2D eigenvalue weighted by Crippen LogP contribution is 2.34. The zero-order valence-corrected chi connectivity index (χ0v) is 10.2. The number of hydrogen-bond donors (Lipinski definition) is 2. The van der Waals surface area contributed by atoms with Gasteiger partial charge in [0.25, 0.3) is 0 Å². The maximum Gasteiger partial charge on any atom is 0.176 e. The van der Waals surface area contributed by atoms with Gasteiger partial charge < -0.3 is 14.9 Å². The van der Waals surface area contributed by atoms with E-state index in [2.05, 4.69) is 10.2 Å². The number of nitrogens with two attached hydrogens (primary N) is 1. The number of nitrogens with one attached hydrogen (secondary N) is 1. The largest absolute Gasteiger partial charge is 0.493 e. The van der Waals surface area contributed by atoms with Crippen molar-refractivity contribution >= 4 is 16.8 Å². The van der Waals surface area contributed by atoms with Crippen LogP contribution in [0.1, 0.15) is 5.76 Å². The highest BCUT2D eigenvalue weighted by Gasteiger charge is 2.11. The summed E-state index contributed by atoms with van der Waals surface area (Å²) in [4.78, 5) is 0. The average molecular weight is 243 g/mol. The molecule has 92 valence electrons. The van der Waals surface area contributed by atoms with E-state index in [9.17, 15) is 0 Å². The molecular weight excluding hydrogens is 230 g/mol. The van der Waals surface area contributed by atoms with Gasteiger partial charge in [-0.15, -0.1) is 0 Å². The Labute approximate surface area is 104 Å². The lowest BCUT2D eigenvalue weighted by Crippen LogP contribution is -1.85. The van der Waals surface area contributed by atoms with Gasteiger partial charge in [-0.05, 0) is 25.1 Å². The molecule has 0 saturated heterocycles.